The van der Waals surface area contributed by atoms with Crippen molar-refractivity contribution in [3.8, 4) is 5.75 Å². The molecule has 0 spiro atoms. The van der Waals surface area contributed by atoms with Crippen molar-refractivity contribution in [3.63, 3.8) is 0 Å². The summed E-state index contributed by atoms with van der Waals surface area (Å²) >= 11 is 0. The Kier molecular flexibility index (Phi) is 12.4. The Hall–Kier alpha value is -3.88. The van der Waals surface area contributed by atoms with E-state index in [0.717, 1.165) is 19.3 Å². The minimum absolute atomic E-state index is 0.0653. The number of amides is 2. The molecule has 0 saturated carbocycles. The Morgan fingerprint density at radius 3 is 2.20 bits per heavy atom. The van der Waals surface area contributed by atoms with E-state index in [4.69, 9.17) is 14.2 Å². The number of nitrogens with one attached hydrogen (secondary N) is 2. The van der Waals surface area contributed by atoms with Crippen LogP contribution in [0.1, 0.15) is 54.9 Å². The molecule has 0 aromatic heterocycles. The van der Waals surface area contributed by atoms with E-state index in [1.165, 1.54) is 5.56 Å². The molecule has 0 unspecified atom stereocenters. The maximum Gasteiger partial charge on any atom is 0.338 e. The number of hydrogen-bond donors (Lipinski definition) is 2. The first-order chi connectivity index (χ1) is 17.0. The van der Waals surface area contributed by atoms with E-state index >= 15 is 0 Å². The summed E-state index contributed by atoms with van der Waals surface area (Å²) in [6.07, 6.45) is 2.80. The average molecular weight is 485 g/mol. The Balaban J connectivity index is 1.52. The average Bonchev–Trinajstić information content (AvgIpc) is 2.88. The predicted molar refractivity (Wildman–Crippen MR) is 128 cm³/mol. The largest absolute Gasteiger partial charge is 0.484 e. The lowest BCUT2D eigenvalue weighted by molar-refractivity contribution is -0.144. The van der Waals surface area contributed by atoms with Gasteiger partial charge in [-0.1, -0.05) is 37.3 Å². The number of carbonyl (C=O) groups excluding carboxylic acids is 4. The van der Waals surface area contributed by atoms with Gasteiger partial charge in [0.2, 0.25) is 5.91 Å². The second-order valence-electron chi connectivity index (χ2n) is 7.71. The van der Waals surface area contributed by atoms with Crippen LogP contribution in [0.2, 0.25) is 0 Å². The zero-order chi connectivity index (χ0) is 25.3. The molecule has 0 aliphatic carbocycles. The Morgan fingerprint density at radius 1 is 0.771 bits per heavy atom. The monoisotopic (exact) mass is 484 g/mol. The zero-order valence-electron chi connectivity index (χ0n) is 19.9. The molecule has 35 heavy (non-hydrogen) atoms. The molecule has 0 bridgehead atoms. The van der Waals surface area contributed by atoms with Crippen LogP contribution in [0.15, 0.2) is 54.6 Å². The van der Waals surface area contributed by atoms with Gasteiger partial charge in [0.25, 0.3) is 5.91 Å². The fourth-order valence-corrected chi connectivity index (χ4v) is 2.92. The van der Waals surface area contributed by atoms with E-state index in [2.05, 4.69) is 10.9 Å². The quantitative estimate of drug-likeness (QED) is 0.240. The van der Waals surface area contributed by atoms with E-state index in [0.29, 0.717) is 30.9 Å². The first-order valence-corrected chi connectivity index (χ1v) is 11.6. The fraction of sp³-hybridized carbons (Fsp3) is 0.385. The molecular formula is C26H32N2O7. The van der Waals surface area contributed by atoms with Gasteiger partial charge in [0.05, 0.1) is 18.8 Å². The highest BCUT2D eigenvalue weighted by Crippen LogP contribution is 2.13. The summed E-state index contributed by atoms with van der Waals surface area (Å²) in [4.78, 5) is 47.2. The third kappa shape index (κ3) is 11.7. The van der Waals surface area contributed by atoms with Crippen molar-refractivity contribution >= 4 is 23.8 Å². The first kappa shape index (κ1) is 27.4. The first-order valence-electron chi connectivity index (χ1n) is 11.6. The highest BCUT2D eigenvalue weighted by Gasteiger charge is 2.10. The summed E-state index contributed by atoms with van der Waals surface area (Å²) in [5.41, 5.74) is 6.10. The van der Waals surface area contributed by atoms with Crippen molar-refractivity contribution in [2.45, 2.75) is 45.4 Å². The van der Waals surface area contributed by atoms with Crippen molar-refractivity contribution in [3.05, 3.63) is 65.7 Å². The minimum Gasteiger partial charge on any atom is -0.484 e. The third-order valence-corrected chi connectivity index (χ3v) is 4.74. The SMILES string of the molecule is CCCOC(=O)c1ccc(OCC(=O)NNC(=O)CCCC(=O)OCCCc2ccccc2)cc1. The van der Waals surface area contributed by atoms with Crippen LogP contribution >= 0.6 is 0 Å². The molecule has 0 aliphatic heterocycles. The Labute approximate surface area is 205 Å². The van der Waals surface area contributed by atoms with Crippen LogP contribution in [0, 0.1) is 0 Å². The maximum atomic E-state index is 11.8. The van der Waals surface area contributed by atoms with E-state index in [9.17, 15) is 19.2 Å². The van der Waals surface area contributed by atoms with Gasteiger partial charge >= 0.3 is 11.9 Å². The van der Waals surface area contributed by atoms with Gasteiger partial charge in [0, 0.05) is 12.8 Å². The zero-order valence-corrected chi connectivity index (χ0v) is 19.9. The molecule has 2 aromatic carbocycles. The van der Waals surface area contributed by atoms with E-state index in [1.54, 1.807) is 24.3 Å². The molecule has 0 radical (unpaired) electrons. The molecule has 0 atom stereocenters. The number of carbonyl (C=O) groups is 4. The fourth-order valence-electron chi connectivity index (χ4n) is 2.92. The number of esters is 2. The molecule has 9 nitrogen and oxygen atoms in total. The summed E-state index contributed by atoms with van der Waals surface area (Å²) in [5, 5.41) is 0. The lowest BCUT2D eigenvalue weighted by Gasteiger charge is -2.09. The molecule has 188 valence electrons. The number of ether oxygens (including phenoxy) is 3. The minimum atomic E-state index is -0.553. The molecule has 9 heteroatoms. The van der Waals surface area contributed by atoms with Gasteiger partial charge in [-0.25, -0.2) is 4.79 Å². The lowest BCUT2D eigenvalue weighted by Crippen LogP contribution is -2.43. The molecule has 2 aromatic rings. The van der Waals surface area contributed by atoms with Gasteiger partial charge in [-0.3, -0.25) is 25.2 Å². The van der Waals surface area contributed by atoms with Crippen LogP contribution in [0.5, 0.6) is 5.75 Å². The van der Waals surface area contributed by atoms with Gasteiger partial charge in [-0.2, -0.15) is 0 Å². The molecule has 2 rings (SSSR count). The van der Waals surface area contributed by atoms with Crippen molar-refractivity contribution < 1.29 is 33.4 Å². The van der Waals surface area contributed by atoms with Crippen LogP contribution in [-0.4, -0.2) is 43.6 Å². The Bertz CT molecular complexity index is 946. The van der Waals surface area contributed by atoms with Crippen LogP contribution in [0.4, 0.5) is 0 Å². The number of hydrazine groups is 1. The van der Waals surface area contributed by atoms with Crippen LogP contribution in [0.25, 0.3) is 0 Å². The van der Waals surface area contributed by atoms with Crippen LogP contribution in [0.3, 0.4) is 0 Å². The number of rotatable bonds is 14. The predicted octanol–water partition coefficient (Wildman–Crippen LogP) is 3.13. The molecule has 0 saturated heterocycles. The van der Waals surface area contributed by atoms with E-state index in [-0.39, 0.29) is 25.4 Å². The van der Waals surface area contributed by atoms with Gasteiger partial charge < -0.3 is 14.2 Å². The van der Waals surface area contributed by atoms with Gasteiger partial charge in [-0.15, -0.1) is 0 Å². The summed E-state index contributed by atoms with van der Waals surface area (Å²) in [6, 6.07) is 16.1. The van der Waals surface area contributed by atoms with Crippen LogP contribution in [-0.2, 0) is 30.3 Å². The van der Waals surface area contributed by atoms with Crippen molar-refractivity contribution in [1.29, 1.82) is 0 Å². The third-order valence-electron chi connectivity index (χ3n) is 4.74. The second-order valence-corrected chi connectivity index (χ2v) is 7.71. The smallest absolute Gasteiger partial charge is 0.338 e. The maximum absolute atomic E-state index is 11.8. The van der Waals surface area contributed by atoms with Gasteiger partial charge in [0.15, 0.2) is 6.61 Å². The van der Waals surface area contributed by atoms with Crippen LogP contribution < -0.4 is 15.6 Å². The Morgan fingerprint density at radius 2 is 1.49 bits per heavy atom. The summed E-state index contributed by atoms with van der Waals surface area (Å²) < 4.78 is 15.5. The molecular weight excluding hydrogens is 452 g/mol. The number of aryl methyl sites for hydroxylation is 1. The normalized spacial score (nSPS) is 10.2. The van der Waals surface area contributed by atoms with Crippen molar-refractivity contribution in [1.82, 2.24) is 10.9 Å². The summed E-state index contributed by atoms with van der Waals surface area (Å²) in [5.74, 6) is -1.36. The van der Waals surface area contributed by atoms with Crippen molar-refractivity contribution in [2.75, 3.05) is 19.8 Å². The van der Waals surface area contributed by atoms with Gasteiger partial charge in [-0.05, 0) is 55.5 Å². The lowest BCUT2D eigenvalue weighted by atomic mass is 10.1. The highest BCUT2D eigenvalue weighted by molar-refractivity contribution is 5.89. The van der Waals surface area contributed by atoms with E-state index < -0.39 is 17.8 Å². The molecule has 0 aliphatic rings. The number of hydrogen-bond acceptors (Lipinski definition) is 7. The van der Waals surface area contributed by atoms with Crippen molar-refractivity contribution in [2.24, 2.45) is 0 Å². The van der Waals surface area contributed by atoms with E-state index in [1.807, 2.05) is 37.3 Å². The molecule has 2 amide bonds. The number of benzene rings is 2. The van der Waals surface area contributed by atoms with Gasteiger partial charge in [0.1, 0.15) is 5.75 Å². The molecule has 2 N–H and O–H groups in total. The summed E-state index contributed by atoms with van der Waals surface area (Å²) in [7, 11) is 0. The summed E-state index contributed by atoms with van der Waals surface area (Å²) in [6.45, 7) is 2.27. The molecule has 0 heterocycles. The second kappa shape index (κ2) is 15.9. The highest BCUT2D eigenvalue weighted by atomic mass is 16.5. The topological polar surface area (TPSA) is 120 Å². The molecule has 0 fully saturated rings. The standard InChI is InChI=1S/C26H32N2O7/c1-2-17-34-26(32)21-13-15-22(16-14-21)35-19-24(30)28-27-23(29)11-6-12-25(31)33-18-7-10-20-8-4-3-5-9-20/h3-5,8-9,13-16H,2,6-7,10-12,17-19H2,1H3,(H,27,29)(H,28,30).